The van der Waals surface area contributed by atoms with Gasteiger partial charge in [-0.05, 0) is 37.1 Å². The van der Waals surface area contributed by atoms with Crippen LogP contribution in [0.15, 0.2) is 46.2 Å². The van der Waals surface area contributed by atoms with Crippen molar-refractivity contribution in [2.45, 2.75) is 35.3 Å². The average molecular weight is 343 g/mol. The molecule has 1 heterocycles. The van der Waals surface area contributed by atoms with Gasteiger partial charge in [0.15, 0.2) is 5.79 Å². The highest BCUT2D eigenvalue weighted by molar-refractivity contribution is 7.99. The molecule has 2 aromatic carbocycles. The van der Waals surface area contributed by atoms with Crippen molar-refractivity contribution in [2.75, 3.05) is 13.2 Å². The van der Waals surface area contributed by atoms with E-state index >= 15 is 0 Å². The van der Waals surface area contributed by atoms with Crippen molar-refractivity contribution in [3.05, 3.63) is 63.2 Å². The van der Waals surface area contributed by atoms with E-state index in [0.29, 0.717) is 18.1 Å². The van der Waals surface area contributed by atoms with Crippen LogP contribution in [0.3, 0.4) is 0 Å². The third-order valence-corrected chi connectivity index (χ3v) is 5.57. The maximum atomic E-state index is 11.5. The van der Waals surface area contributed by atoms with Crippen molar-refractivity contribution in [3.8, 4) is 0 Å². The molecule has 0 bridgehead atoms. The van der Waals surface area contributed by atoms with Crippen LogP contribution in [0.4, 0.5) is 5.69 Å². The first-order valence-corrected chi connectivity index (χ1v) is 8.73. The van der Waals surface area contributed by atoms with Crippen LogP contribution in [-0.4, -0.2) is 18.1 Å². The van der Waals surface area contributed by atoms with Crippen molar-refractivity contribution in [3.63, 3.8) is 0 Å². The summed E-state index contributed by atoms with van der Waals surface area (Å²) < 4.78 is 11.7. The number of benzene rings is 2. The van der Waals surface area contributed by atoms with Crippen molar-refractivity contribution >= 4 is 17.4 Å². The van der Waals surface area contributed by atoms with Crippen molar-refractivity contribution in [2.24, 2.45) is 0 Å². The van der Waals surface area contributed by atoms with E-state index in [1.807, 2.05) is 37.3 Å². The molecule has 0 radical (unpaired) electrons. The van der Waals surface area contributed by atoms with Crippen LogP contribution in [0.1, 0.15) is 23.1 Å². The number of nitro benzene ring substituents is 1. The van der Waals surface area contributed by atoms with Crippen molar-refractivity contribution in [1.29, 1.82) is 0 Å². The van der Waals surface area contributed by atoms with Crippen LogP contribution in [0.25, 0.3) is 0 Å². The standard InChI is InChI=1S/C18H17NO4S/c1-12-2-4-14(5-3-12)24-17-11-15-13(10-16(17)19(20)21)6-7-18(15)22-8-9-23-18/h2-5,10-11H,6-9H2,1H3. The predicted molar refractivity (Wildman–Crippen MR) is 90.3 cm³/mol. The van der Waals surface area contributed by atoms with Gasteiger partial charge >= 0.3 is 0 Å². The lowest BCUT2D eigenvalue weighted by Crippen LogP contribution is -2.23. The van der Waals surface area contributed by atoms with Crippen LogP contribution < -0.4 is 0 Å². The summed E-state index contributed by atoms with van der Waals surface area (Å²) in [6.45, 7) is 3.15. The third-order valence-electron chi connectivity index (χ3n) is 4.52. The summed E-state index contributed by atoms with van der Waals surface area (Å²) in [5.41, 5.74) is 3.21. The molecule has 1 saturated heterocycles. The Morgan fingerprint density at radius 1 is 1.17 bits per heavy atom. The van der Waals surface area contributed by atoms with E-state index in [0.717, 1.165) is 34.4 Å². The fourth-order valence-electron chi connectivity index (χ4n) is 3.32. The number of ether oxygens (including phenoxy) is 2. The SMILES string of the molecule is Cc1ccc(Sc2cc3c(cc2[N+](=O)[O-])CCC32OCCO2)cc1. The Bertz CT molecular complexity index is 797. The van der Waals surface area contributed by atoms with Crippen LogP contribution in [0.2, 0.25) is 0 Å². The van der Waals surface area contributed by atoms with Gasteiger partial charge in [-0.1, -0.05) is 29.5 Å². The molecule has 1 aliphatic carbocycles. The highest BCUT2D eigenvalue weighted by atomic mass is 32.2. The maximum absolute atomic E-state index is 11.5. The van der Waals surface area contributed by atoms with Gasteiger partial charge in [-0.25, -0.2) is 0 Å². The Hall–Kier alpha value is -1.89. The molecule has 124 valence electrons. The van der Waals surface area contributed by atoms with E-state index in [1.54, 1.807) is 6.07 Å². The highest BCUT2D eigenvalue weighted by Gasteiger charge is 2.45. The van der Waals surface area contributed by atoms with Gasteiger partial charge in [-0.3, -0.25) is 10.1 Å². The second-order valence-electron chi connectivity index (χ2n) is 6.10. The number of hydrogen-bond donors (Lipinski definition) is 0. The summed E-state index contributed by atoms with van der Waals surface area (Å²) in [5.74, 6) is -0.701. The van der Waals surface area contributed by atoms with Crippen molar-refractivity contribution in [1.82, 2.24) is 0 Å². The minimum absolute atomic E-state index is 0.148. The van der Waals surface area contributed by atoms with Gasteiger partial charge < -0.3 is 9.47 Å². The Kier molecular flexibility index (Phi) is 3.83. The van der Waals surface area contributed by atoms with Crippen LogP contribution in [0, 0.1) is 17.0 Å². The first kappa shape index (κ1) is 15.6. The van der Waals surface area contributed by atoms with Crippen LogP contribution in [0.5, 0.6) is 0 Å². The predicted octanol–water partition coefficient (Wildman–Crippen LogP) is 4.20. The summed E-state index contributed by atoms with van der Waals surface area (Å²) in [4.78, 5) is 12.8. The first-order chi connectivity index (χ1) is 11.6. The number of fused-ring (bicyclic) bond motifs is 2. The highest BCUT2D eigenvalue weighted by Crippen LogP contribution is 2.47. The lowest BCUT2D eigenvalue weighted by molar-refractivity contribution is -0.387. The molecule has 0 aromatic heterocycles. The first-order valence-electron chi connectivity index (χ1n) is 7.92. The summed E-state index contributed by atoms with van der Waals surface area (Å²) in [6, 6.07) is 11.5. The van der Waals surface area contributed by atoms with Gasteiger partial charge in [0.1, 0.15) is 0 Å². The zero-order chi connectivity index (χ0) is 16.7. The summed E-state index contributed by atoms with van der Waals surface area (Å²) >= 11 is 1.41. The number of nitro groups is 1. The summed E-state index contributed by atoms with van der Waals surface area (Å²) in [5, 5.41) is 11.5. The molecule has 24 heavy (non-hydrogen) atoms. The molecule has 2 aromatic rings. The largest absolute Gasteiger partial charge is 0.343 e. The summed E-state index contributed by atoms with van der Waals surface area (Å²) in [7, 11) is 0. The normalized spacial score (nSPS) is 18.0. The van der Waals surface area contributed by atoms with Gasteiger partial charge in [-0.15, -0.1) is 0 Å². The zero-order valence-corrected chi connectivity index (χ0v) is 14.1. The monoisotopic (exact) mass is 343 g/mol. The Morgan fingerprint density at radius 3 is 2.54 bits per heavy atom. The van der Waals surface area contributed by atoms with E-state index in [9.17, 15) is 10.1 Å². The van der Waals surface area contributed by atoms with Gasteiger partial charge in [0, 0.05) is 22.9 Å². The second kappa shape index (κ2) is 5.88. The molecule has 0 atom stereocenters. The molecule has 2 aliphatic rings. The molecular weight excluding hydrogens is 326 g/mol. The topological polar surface area (TPSA) is 61.6 Å². The molecule has 0 saturated carbocycles. The molecule has 1 spiro atoms. The number of rotatable bonds is 3. The van der Waals surface area contributed by atoms with E-state index < -0.39 is 5.79 Å². The zero-order valence-electron chi connectivity index (χ0n) is 13.3. The molecule has 4 rings (SSSR count). The molecule has 0 amide bonds. The maximum Gasteiger partial charge on any atom is 0.283 e. The molecule has 1 aliphatic heterocycles. The lowest BCUT2D eigenvalue weighted by Gasteiger charge is -2.23. The average Bonchev–Trinajstić information content (AvgIpc) is 3.18. The van der Waals surface area contributed by atoms with Gasteiger partial charge in [0.25, 0.3) is 5.69 Å². The fraction of sp³-hybridized carbons (Fsp3) is 0.333. The molecule has 6 heteroatoms. The quantitative estimate of drug-likeness (QED) is 0.617. The molecular formula is C18H17NO4S. The fourth-order valence-corrected chi connectivity index (χ4v) is 4.26. The van der Waals surface area contributed by atoms with Gasteiger partial charge in [-0.2, -0.15) is 0 Å². The Balaban J connectivity index is 1.77. The molecule has 0 unspecified atom stereocenters. The van der Waals surface area contributed by atoms with Gasteiger partial charge in [0.05, 0.1) is 23.0 Å². The van der Waals surface area contributed by atoms with Crippen LogP contribution >= 0.6 is 11.8 Å². The third kappa shape index (κ3) is 2.60. The Morgan fingerprint density at radius 2 is 1.88 bits per heavy atom. The molecule has 1 fully saturated rings. The molecule has 5 nitrogen and oxygen atoms in total. The smallest absolute Gasteiger partial charge is 0.283 e. The number of nitrogens with zero attached hydrogens (tertiary/aromatic N) is 1. The van der Waals surface area contributed by atoms with E-state index in [1.165, 1.54) is 11.8 Å². The number of hydrogen-bond acceptors (Lipinski definition) is 5. The minimum atomic E-state index is -0.701. The van der Waals surface area contributed by atoms with Crippen molar-refractivity contribution < 1.29 is 14.4 Å². The van der Waals surface area contributed by atoms with E-state index in [-0.39, 0.29) is 10.6 Å². The van der Waals surface area contributed by atoms with E-state index in [4.69, 9.17) is 9.47 Å². The number of aryl methyl sites for hydroxylation is 2. The molecule has 0 N–H and O–H groups in total. The van der Waals surface area contributed by atoms with Crippen LogP contribution in [-0.2, 0) is 21.7 Å². The second-order valence-corrected chi connectivity index (χ2v) is 7.21. The lowest BCUT2D eigenvalue weighted by atomic mass is 10.1. The summed E-state index contributed by atoms with van der Waals surface area (Å²) in [6.07, 6.45) is 1.46. The Labute approximate surface area is 144 Å². The van der Waals surface area contributed by atoms with Gasteiger partial charge in [0.2, 0.25) is 0 Å². The van der Waals surface area contributed by atoms with E-state index in [2.05, 4.69) is 0 Å². The minimum Gasteiger partial charge on any atom is -0.343 e.